The maximum Gasteiger partial charge on any atom is 0.177 e. The number of anilines is 1. The Bertz CT molecular complexity index is 467. The van der Waals surface area contributed by atoms with Gasteiger partial charge in [-0.3, -0.25) is 0 Å². The van der Waals surface area contributed by atoms with Crippen LogP contribution in [-0.4, -0.2) is 28.9 Å². The molecule has 15 heavy (non-hydrogen) atoms. The van der Waals surface area contributed by atoms with Crippen molar-refractivity contribution in [1.82, 2.24) is 0 Å². The summed E-state index contributed by atoms with van der Waals surface area (Å²) in [6.45, 7) is 0. The normalized spacial score (nSPS) is 11.1. The lowest BCUT2D eigenvalue weighted by molar-refractivity contribution is 0.354. The van der Waals surface area contributed by atoms with Crippen LogP contribution in [-0.2, 0) is 9.84 Å². The second kappa shape index (κ2) is 3.98. The summed E-state index contributed by atoms with van der Waals surface area (Å²) in [6.07, 6.45) is 1.09. The van der Waals surface area contributed by atoms with Gasteiger partial charge in [-0.25, -0.2) is 8.42 Å². The zero-order chi connectivity index (χ0) is 11.6. The number of methoxy groups -OCH3 is 2. The summed E-state index contributed by atoms with van der Waals surface area (Å²) in [5.74, 6) is 0.745. The van der Waals surface area contributed by atoms with Crippen molar-refractivity contribution < 1.29 is 17.9 Å². The van der Waals surface area contributed by atoms with Crippen LogP contribution < -0.4 is 15.2 Å². The van der Waals surface area contributed by atoms with Gasteiger partial charge in [-0.05, 0) is 0 Å². The van der Waals surface area contributed by atoms with Crippen LogP contribution in [0.2, 0.25) is 0 Å². The van der Waals surface area contributed by atoms with Crippen molar-refractivity contribution >= 4 is 15.5 Å². The number of nitrogen functional groups attached to an aromatic ring is 1. The molecule has 0 aliphatic carbocycles. The van der Waals surface area contributed by atoms with Gasteiger partial charge >= 0.3 is 0 Å². The molecule has 0 aliphatic rings. The molecule has 2 N–H and O–H groups in total. The van der Waals surface area contributed by atoms with Gasteiger partial charge in [0.05, 0.1) is 24.8 Å². The standard InChI is InChI=1S/C9H13NO4S/c1-13-7-4-6(10)9(15(3,11)12)5-8(7)14-2/h4-5H,10H2,1-3H3. The van der Waals surface area contributed by atoms with Gasteiger partial charge in [-0.1, -0.05) is 0 Å². The first-order valence-electron chi connectivity index (χ1n) is 4.11. The Kier molecular flexibility index (Phi) is 3.09. The number of nitrogens with two attached hydrogens (primary N) is 1. The lowest BCUT2D eigenvalue weighted by atomic mass is 10.3. The van der Waals surface area contributed by atoms with Crippen LogP contribution in [0.3, 0.4) is 0 Å². The third-order valence-electron chi connectivity index (χ3n) is 1.92. The van der Waals surface area contributed by atoms with E-state index in [0.29, 0.717) is 11.5 Å². The summed E-state index contributed by atoms with van der Waals surface area (Å²) in [4.78, 5) is 0.0418. The summed E-state index contributed by atoms with van der Waals surface area (Å²) in [5, 5.41) is 0. The molecule has 0 saturated carbocycles. The third kappa shape index (κ3) is 2.33. The molecule has 0 saturated heterocycles. The Morgan fingerprint density at radius 3 is 2.00 bits per heavy atom. The van der Waals surface area contributed by atoms with Crippen LogP contribution in [0.4, 0.5) is 5.69 Å². The van der Waals surface area contributed by atoms with E-state index in [9.17, 15) is 8.42 Å². The molecule has 0 aromatic heterocycles. The molecule has 5 nitrogen and oxygen atoms in total. The molecule has 0 fully saturated rings. The highest BCUT2D eigenvalue weighted by Gasteiger charge is 2.16. The minimum absolute atomic E-state index is 0.0418. The van der Waals surface area contributed by atoms with E-state index in [2.05, 4.69) is 0 Å². The van der Waals surface area contributed by atoms with Crippen LogP contribution in [0.5, 0.6) is 11.5 Å². The highest BCUT2D eigenvalue weighted by Crippen LogP contribution is 2.33. The average Bonchev–Trinajstić information content (AvgIpc) is 2.15. The van der Waals surface area contributed by atoms with Gasteiger partial charge < -0.3 is 15.2 Å². The molecule has 0 amide bonds. The third-order valence-corrected chi connectivity index (χ3v) is 3.07. The van der Waals surface area contributed by atoms with Crippen molar-refractivity contribution in [2.45, 2.75) is 4.90 Å². The minimum Gasteiger partial charge on any atom is -0.493 e. The molecule has 0 atom stereocenters. The lowest BCUT2D eigenvalue weighted by Gasteiger charge is -2.11. The van der Waals surface area contributed by atoms with Gasteiger partial charge in [-0.2, -0.15) is 0 Å². The smallest absolute Gasteiger partial charge is 0.177 e. The van der Waals surface area contributed by atoms with Crippen molar-refractivity contribution in [3.8, 4) is 11.5 Å². The highest BCUT2D eigenvalue weighted by molar-refractivity contribution is 7.90. The van der Waals surface area contributed by atoms with Crippen molar-refractivity contribution in [3.63, 3.8) is 0 Å². The van der Waals surface area contributed by atoms with E-state index in [-0.39, 0.29) is 10.6 Å². The van der Waals surface area contributed by atoms with E-state index in [0.717, 1.165) is 6.26 Å². The topological polar surface area (TPSA) is 78.6 Å². The minimum atomic E-state index is -3.35. The fourth-order valence-corrected chi connectivity index (χ4v) is 2.01. The van der Waals surface area contributed by atoms with Gasteiger partial charge in [0, 0.05) is 18.4 Å². The monoisotopic (exact) mass is 231 g/mol. The van der Waals surface area contributed by atoms with E-state index >= 15 is 0 Å². The van der Waals surface area contributed by atoms with Crippen LogP contribution in [0.1, 0.15) is 0 Å². The van der Waals surface area contributed by atoms with Gasteiger partial charge in [-0.15, -0.1) is 0 Å². The molecule has 1 aromatic rings. The number of hydrogen-bond acceptors (Lipinski definition) is 5. The predicted molar refractivity (Wildman–Crippen MR) is 57.1 cm³/mol. The predicted octanol–water partition coefficient (Wildman–Crippen LogP) is 0.690. The van der Waals surface area contributed by atoms with Gasteiger partial charge in [0.1, 0.15) is 0 Å². The van der Waals surface area contributed by atoms with E-state index in [1.54, 1.807) is 0 Å². The van der Waals surface area contributed by atoms with Crippen LogP contribution >= 0.6 is 0 Å². The van der Waals surface area contributed by atoms with E-state index in [4.69, 9.17) is 15.2 Å². The number of benzene rings is 1. The molecule has 84 valence electrons. The Labute approximate surface area is 88.7 Å². The van der Waals surface area contributed by atoms with Crippen molar-refractivity contribution in [2.24, 2.45) is 0 Å². The maximum atomic E-state index is 11.3. The molecule has 0 spiro atoms. The molecule has 0 radical (unpaired) electrons. The molecule has 0 unspecified atom stereocenters. The Morgan fingerprint density at radius 1 is 1.13 bits per heavy atom. The first-order chi connectivity index (χ1) is 6.90. The molecule has 0 heterocycles. The first-order valence-corrected chi connectivity index (χ1v) is 6.01. The molecular formula is C9H13NO4S. The van der Waals surface area contributed by atoms with Gasteiger partial charge in [0.2, 0.25) is 0 Å². The zero-order valence-electron chi connectivity index (χ0n) is 8.77. The van der Waals surface area contributed by atoms with E-state index in [1.165, 1.54) is 26.4 Å². The summed E-state index contributed by atoms with van der Waals surface area (Å²) >= 11 is 0. The molecule has 0 aliphatic heterocycles. The SMILES string of the molecule is COc1cc(N)c(S(C)(=O)=O)cc1OC. The number of hydrogen-bond donors (Lipinski definition) is 1. The van der Waals surface area contributed by atoms with Crippen molar-refractivity contribution in [2.75, 3.05) is 26.2 Å². The van der Waals surface area contributed by atoms with Gasteiger partial charge in [0.15, 0.2) is 21.3 Å². The number of rotatable bonds is 3. The molecule has 1 rings (SSSR count). The number of ether oxygens (including phenoxy) is 2. The summed E-state index contributed by atoms with van der Waals surface area (Å²) in [6, 6.07) is 2.78. The molecule has 1 aromatic carbocycles. The van der Waals surface area contributed by atoms with Gasteiger partial charge in [0.25, 0.3) is 0 Å². The quantitative estimate of drug-likeness (QED) is 0.774. The largest absolute Gasteiger partial charge is 0.493 e. The first kappa shape index (κ1) is 11.6. The second-order valence-corrected chi connectivity index (χ2v) is 5.00. The highest BCUT2D eigenvalue weighted by atomic mass is 32.2. The average molecular weight is 231 g/mol. The zero-order valence-corrected chi connectivity index (χ0v) is 9.59. The van der Waals surface area contributed by atoms with Crippen LogP contribution in [0.15, 0.2) is 17.0 Å². The second-order valence-electron chi connectivity index (χ2n) is 3.02. The fraction of sp³-hybridized carbons (Fsp3) is 0.333. The Morgan fingerprint density at radius 2 is 1.60 bits per heavy atom. The van der Waals surface area contributed by atoms with Crippen LogP contribution in [0, 0.1) is 0 Å². The fourth-order valence-electron chi connectivity index (χ4n) is 1.20. The number of sulfone groups is 1. The van der Waals surface area contributed by atoms with E-state index < -0.39 is 9.84 Å². The lowest BCUT2D eigenvalue weighted by Crippen LogP contribution is -2.04. The summed E-state index contributed by atoms with van der Waals surface area (Å²) in [7, 11) is -0.465. The summed E-state index contributed by atoms with van der Waals surface area (Å²) < 4.78 is 32.7. The molecule has 0 bridgehead atoms. The summed E-state index contributed by atoms with van der Waals surface area (Å²) in [5.41, 5.74) is 5.74. The molecule has 6 heteroatoms. The van der Waals surface area contributed by atoms with E-state index in [1.807, 2.05) is 0 Å². The Balaban J connectivity index is 3.46. The van der Waals surface area contributed by atoms with Crippen molar-refractivity contribution in [3.05, 3.63) is 12.1 Å². The van der Waals surface area contributed by atoms with Crippen molar-refractivity contribution in [1.29, 1.82) is 0 Å². The molecular weight excluding hydrogens is 218 g/mol. The Hall–Kier alpha value is -1.43. The van der Waals surface area contributed by atoms with Crippen LogP contribution in [0.25, 0.3) is 0 Å². The maximum absolute atomic E-state index is 11.3.